The molecule has 3 atom stereocenters. The molecule has 1 aromatic heterocycles. The van der Waals surface area contributed by atoms with E-state index in [1.807, 2.05) is 97.9 Å². The van der Waals surface area contributed by atoms with E-state index >= 15 is 0 Å². The molecule has 0 aliphatic carbocycles. The number of aliphatic hydroxyl groups excluding tert-OH is 1. The molecule has 10 heteroatoms. The van der Waals surface area contributed by atoms with Crippen LogP contribution in [0.4, 0.5) is 0 Å². The van der Waals surface area contributed by atoms with Gasteiger partial charge in [0.25, 0.3) is 5.56 Å². The zero-order valence-corrected chi connectivity index (χ0v) is 25.4. The van der Waals surface area contributed by atoms with Crippen LogP contribution in [0.1, 0.15) is 34.8 Å². The molecule has 1 aliphatic heterocycles. The summed E-state index contributed by atoms with van der Waals surface area (Å²) >= 11 is 0. The number of ether oxygens (including phenoxy) is 4. The Balaban J connectivity index is 1.49. The van der Waals surface area contributed by atoms with Crippen LogP contribution in [-0.2, 0) is 21.6 Å². The van der Waals surface area contributed by atoms with Crippen molar-refractivity contribution in [3.05, 3.63) is 128 Å². The summed E-state index contributed by atoms with van der Waals surface area (Å²) < 4.78 is 25.5. The first kappa shape index (κ1) is 31.2. The normalized spacial score (nSPS) is 18.5. The Morgan fingerprint density at radius 3 is 2.02 bits per heavy atom. The maximum absolute atomic E-state index is 12.8. The molecule has 0 amide bonds. The average molecular weight is 602 g/mol. The predicted octanol–water partition coefficient (Wildman–Crippen LogP) is 3.32. The number of nitrogens with one attached hydrogen (secondary N) is 1. The van der Waals surface area contributed by atoms with E-state index in [0.717, 1.165) is 16.7 Å². The maximum Gasteiger partial charge on any atom is 0.328 e. The van der Waals surface area contributed by atoms with Crippen molar-refractivity contribution in [1.82, 2.24) is 14.5 Å². The van der Waals surface area contributed by atoms with Crippen LogP contribution in [0, 0.1) is 0 Å². The van der Waals surface area contributed by atoms with Crippen LogP contribution in [0.25, 0.3) is 0 Å². The van der Waals surface area contributed by atoms with Crippen molar-refractivity contribution in [2.24, 2.45) is 0 Å². The Bertz CT molecular complexity index is 1590. The fourth-order valence-corrected chi connectivity index (χ4v) is 5.59. The number of hydrogen-bond acceptors (Lipinski definition) is 8. The number of methoxy groups -OCH3 is 2. The highest BCUT2D eigenvalue weighted by Gasteiger charge is 2.42. The van der Waals surface area contributed by atoms with Gasteiger partial charge in [0.1, 0.15) is 23.2 Å². The Morgan fingerprint density at radius 2 is 1.48 bits per heavy atom. The number of H-pyrrole nitrogens is 1. The lowest BCUT2D eigenvalue weighted by Crippen LogP contribution is -2.38. The molecule has 0 spiro atoms. The third-order valence-corrected chi connectivity index (χ3v) is 8.03. The van der Waals surface area contributed by atoms with Gasteiger partial charge in [-0.3, -0.25) is 14.3 Å². The molecule has 10 nitrogen and oxygen atoms in total. The molecule has 1 saturated heterocycles. The fraction of sp³-hybridized carbons (Fsp3) is 0.353. The van der Waals surface area contributed by atoms with E-state index in [9.17, 15) is 14.7 Å². The number of hydrogen-bond donors (Lipinski definition) is 2. The summed E-state index contributed by atoms with van der Waals surface area (Å²) in [6, 6.07) is 25.2. The van der Waals surface area contributed by atoms with Crippen molar-refractivity contribution in [1.29, 1.82) is 0 Å². The second-order valence-corrected chi connectivity index (χ2v) is 11.1. The van der Waals surface area contributed by atoms with E-state index in [4.69, 9.17) is 18.9 Å². The quantitative estimate of drug-likeness (QED) is 0.238. The zero-order chi connectivity index (χ0) is 31.3. The zero-order valence-electron chi connectivity index (χ0n) is 25.4. The van der Waals surface area contributed by atoms with Gasteiger partial charge in [0, 0.05) is 25.7 Å². The van der Waals surface area contributed by atoms with Crippen LogP contribution >= 0.6 is 0 Å². The summed E-state index contributed by atoms with van der Waals surface area (Å²) in [5.41, 5.74) is 0.785. The Kier molecular flexibility index (Phi) is 9.65. The molecule has 0 radical (unpaired) electrons. The lowest BCUT2D eigenvalue weighted by Gasteiger charge is -2.37. The second kappa shape index (κ2) is 13.6. The third kappa shape index (κ3) is 6.48. The summed E-state index contributed by atoms with van der Waals surface area (Å²) in [6.45, 7) is 1.04. The van der Waals surface area contributed by atoms with E-state index in [1.54, 1.807) is 14.2 Å². The minimum atomic E-state index is -1.09. The van der Waals surface area contributed by atoms with Crippen molar-refractivity contribution >= 4 is 0 Å². The van der Waals surface area contributed by atoms with Gasteiger partial charge in [0.15, 0.2) is 0 Å². The summed E-state index contributed by atoms with van der Waals surface area (Å²) in [5, 5.41) is 11.1. The van der Waals surface area contributed by atoms with Gasteiger partial charge in [0.05, 0.1) is 38.6 Å². The van der Waals surface area contributed by atoms with Crippen LogP contribution in [0.5, 0.6) is 11.5 Å². The summed E-state index contributed by atoms with van der Waals surface area (Å²) in [6.07, 6.45) is -0.620. The van der Waals surface area contributed by atoms with E-state index in [1.165, 1.54) is 10.8 Å². The molecule has 3 aromatic carbocycles. The molecule has 44 heavy (non-hydrogen) atoms. The highest BCUT2D eigenvalue weighted by molar-refractivity contribution is 5.49. The standard InChI is InChI=1S/C34H39N3O7/c1-36(2)18-19-37-21-28(32(39)35-33(37)40)30-20-29(38)31(44-30)22-43-34(23-8-6-5-7-9-23,24-10-14-26(41-3)15-11-24)25-12-16-27(42-4)17-13-25/h5-17,21,29-31,38H,18-20,22H2,1-4H3,(H,35,39,40)/t29-,30+,31+/m0/s1. The monoisotopic (exact) mass is 601 g/mol. The van der Waals surface area contributed by atoms with Crippen LogP contribution in [0.3, 0.4) is 0 Å². The van der Waals surface area contributed by atoms with Crippen LogP contribution < -0.4 is 20.7 Å². The Hall–Kier alpha value is -4.22. The summed E-state index contributed by atoms with van der Waals surface area (Å²) in [7, 11) is 7.06. The fourth-order valence-electron chi connectivity index (χ4n) is 5.59. The average Bonchev–Trinajstić information content (AvgIpc) is 3.41. The molecule has 0 saturated carbocycles. The largest absolute Gasteiger partial charge is 0.497 e. The third-order valence-electron chi connectivity index (χ3n) is 8.03. The van der Waals surface area contributed by atoms with Gasteiger partial charge in [-0.05, 0) is 55.1 Å². The summed E-state index contributed by atoms with van der Waals surface area (Å²) in [5.74, 6) is 1.42. The summed E-state index contributed by atoms with van der Waals surface area (Å²) in [4.78, 5) is 29.6. The highest BCUT2D eigenvalue weighted by Crippen LogP contribution is 2.43. The molecule has 0 unspecified atom stereocenters. The second-order valence-electron chi connectivity index (χ2n) is 11.1. The molecule has 2 heterocycles. The van der Waals surface area contributed by atoms with Gasteiger partial charge in [-0.15, -0.1) is 0 Å². The number of aliphatic hydroxyl groups is 1. The first-order valence-electron chi connectivity index (χ1n) is 14.6. The van der Waals surface area contributed by atoms with Crippen LogP contribution in [-0.4, -0.2) is 73.2 Å². The maximum atomic E-state index is 12.8. The topological polar surface area (TPSA) is 115 Å². The van der Waals surface area contributed by atoms with E-state index in [2.05, 4.69) is 4.98 Å². The van der Waals surface area contributed by atoms with Gasteiger partial charge in [-0.2, -0.15) is 0 Å². The minimum Gasteiger partial charge on any atom is -0.497 e. The van der Waals surface area contributed by atoms with Gasteiger partial charge in [-0.1, -0.05) is 54.6 Å². The number of nitrogens with zero attached hydrogens (tertiary/aromatic N) is 2. The molecule has 232 valence electrons. The molecular formula is C34H39N3O7. The number of aromatic amines is 1. The predicted molar refractivity (Wildman–Crippen MR) is 166 cm³/mol. The van der Waals surface area contributed by atoms with E-state index in [0.29, 0.717) is 30.2 Å². The number of benzene rings is 3. The first-order valence-corrected chi connectivity index (χ1v) is 14.6. The van der Waals surface area contributed by atoms with E-state index in [-0.39, 0.29) is 13.0 Å². The molecule has 2 N–H and O–H groups in total. The number of likely N-dealkylation sites (N-methyl/N-ethyl adjacent to an activating group) is 1. The number of aromatic nitrogens is 2. The van der Waals surface area contributed by atoms with Crippen LogP contribution in [0.2, 0.25) is 0 Å². The molecule has 1 fully saturated rings. The van der Waals surface area contributed by atoms with Crippen molar-refractivity contribution in [2.45, 2.75) is 36.9 Å². The Morgan fingerprint density at radius 1 is 0.909 bits per heavy atom. The lowest BCUT2D eigenvalue weighted by molar-refractivity contribution is -0.0830. The molecule has 1 aliphatic rings. The Labute approximate surface area is 256 Å². The van der Waals surface area contributed by atoms with Gasteiger partial charge < -0.3 is 29.0 Å². The molecule has 4 aromatic rings. The van der Waals surface area contributed by atoms with Crippen molar-refractivity contribution in [3.63, 3.8) is 0 Å². The van der Waals surface area contributed by atoms with Gasteiger partial charge >= 0.3 is 5.69 Å². The SMILES string of the molecule is COc1ccc(C(OC[C@H]2O[C@@H](c3cn(CCN(C)C)c(=O)[nH]c3=O)C[C@@H]2O)(c2ccccc2)c2ccc(OC)cc2)cc1. The van der Waals surface area contributed by atoms with Crippen molar-refractivity contribution in [2.75, 3.05) is 41.5 Å². The first-order chi connectivity index (χ1) is 21.2. The van der Waals surface area contributed by atoms with Crippen LogP contribution in [0.15, 0.2) is 94.6 Å². The minimum absolute atomic E-state index is 0.0167. The van der Waals surface area contributed by atoms with Crippen molar-refractivity contribution in [3.8, 4) is 11.5 Å². The molecule has 0 bridgehead atoms. The van der Waals surface area contributed by atoms with Crippen molar-refractivity contribution < 1.29 is 24.1 Å². The molecule has 5 rings (SSSR count). The lowest BCUT2D eigenvalue weighted by atomic mass is 9.80. The highest BCUT2D eigenvalue weighted by atomic mass is 16.6. The van der Waals surface area contributed by atoms with Gasteiger partial charge in [0.2, 0.25) is 0 Å². The number of rotatable bonds is 12. The van der Waals surface area contributed by atoms with Gasteiger partial charge in [-0.25, -0.2) is 4.79 Å². The smallest absolute Gasteiger partial charge is 0.328 e. The molecular weight excluding hydrogens is 562 g/mol. The van der Waals surface area contributed by atoms with E-state index < -0.39 is 35.2 Å².